The standard InChI is InChI=1S/C41H53N3O8S/c1-26-35-30(29-15-11-12-16-31(29)42-26)17-18-40(52-35)23-32-33(45)24-41(37(48)43-53(49,50)39(5)19-20-39)22-28(41)14-10-8-6-7-9-13-27(36(47)44(32)25-40)21-34(46)51-38(2,3)4/h10-12,14-16,27-28,32H,6-9,13,17-25H2,1-5H3,(H,43,48)/b14-10-/t27-,28-,32+,40-,41-/m1/s1. The Morgan fingerprint density at radius 1 is 1.08 bits per heavy atom. The van der Waals surface area contributed by atoms with Gasteiger partial charge >= 0.3 is 5.97 Å². The van der Waals surface area contributed by atoms with Gasteiger partial charge in [0.1, 0.15) is 17.0 Å². The number of carbonyl (C=O) groups excluding carboxylic acids is 4. The van der Waals surface area contributed by atoms with Crippen LogP contribution in [-0.4, -0.2) is 70.4 Å². The Bertz CT molecular complexity index is 1980. The van der Waals surface area contributed by atoms with Crippen LogP contribution < -0.4 is 9.46 Å². The molecular weight excluding hydrogens is 695 g/mol. The molecule has 286 valence electrons. The van der Waals surface area contributed by atoms with Crippen LogP contribution in [0.3, 0.4) is 0 Å². The van der Waals surface area contributed by atoms with E-state index >= 15 is 0 Å². The minimum absolute atomic E-state index is 0.107. The third-order valence-corrected chi connectivity index (χ3v) is 14.4. The summed E-state index contributed by atoms with van der Waals surface area (Å²) in [5.74, 6) is -2.03. The lowest BCUT2D eigenvalue weighted by Gasteiger charge is -2.36. The van der Waals surface area contributed by atoms with Crippen molar-refractivity contribution in [3.8, 4) is 5.75 Å². The maximum Gasteiger partial charge on any atom is 0.307 e. The fourth-order valence-electron chi connectivity index (χ4n) is 8.70. The lowest BCUT2D eigenvalue weighted by Crippen LogP contribution is -2.48. The molecule has 2 aliphatic carbocycles. The van der Waals surface area contributed by atoms with Gasteiger partial charge in [-0.1, -0.05) is 43.2 Å². The van der Waals surface area contributed by atoms with Gasteiger partial charge in [-0.3, -0.25) is 23.9 Å². The van der Waals surface area contributed by atoms with Gasteiger partial charge in [-0.15, -0.1) is 0 Å². The summed E-state index contributed by atoms with van der Waals surface area (Å²) in [5, 5.41) is 1.01. The normalized spacial score (nSPS) is 30.6. The van der Waals surface area contributed by atoms with Crippen molar-refractivity contribution in [2.45, 2.75) is 140 Å². The van der Waals surface area contributed by atoms with Gasteiger partial charge in [0, 0.05) is 29.7 Å². The summed E-state index contributed by atoms with van der Waals surface area (Å²) in [6.07, 6.45) is 10.1. The zero-order valence-electron chi connectivity index (χ0n) is 31.7. The zero-order chi connectivity index (χ0) is 38.0. The molecule has 1 aromatic heterocycles. The predicted octanol–water partition coefficient (Wildman–Crippen LogP) is 6.04. The van der Waals surface area contributed by atoms with Crippen molar-refractivity contribution in [3.05, 3.63) is 47.7 Å². The van der Waals surface area contributed by atoms with E-state index in [0.29, 0.717) is 44.3 Å². The number of sulfonamides is 1. The Kier molecular flexibility index (Phi) is 9.55. The van der Waals surface area contributed by atoms with Gasteiger partial charge in [0.25, 0.3) is 0 Å². The van der Waals surface area contributed by atoms with Crippen molar-refractivity contribution in [2.24, 2.45) is 17.3 Å². The molecule has 3 fully saturated rings. The van der Waals surface area contributed by atoms with Crippen LogP contribution in [0.1, 0.15) is 116 Å². The second-order valence-electron chi connectivity index (χ2n) is 17.5. The Balaban J connectivity index is 1.23. The minimum Gasteiger partial charge on any atom is -0.483 e. The number of aryl methyl sites for hydroxylation is 2. The van der Waals surface area contributed by atoms with E-state index < -0.39 is 55.2 Å². The van der Waals surface area contributed by atoms with Crippen LogP contribution in [0.25, 0.3) is 10.9 Å². The zero-order valence-corrected chi connectivity index (χ0v) is 32.5. The molecule has 5 aliphatic rings. The van der Waals surface area contributed by atoms with Gasteiger partial charge in [-0.05, 0) is 98.0 Å². The van der Waals surface area contributed by atoms with Gasteiger partial charge in [0.2, 0.25) is 21.8 Å². The van der Waals surface area contributed by atoms with E-state index in [1.165, 1.54) is 0 Å². The maximum atomic E-state index is 14.8. The van der Waals surface area contributed by atoms with E-state index in [9.17, 15) is 27.6 Å². The second kappa shape index (κ2) is 13.5. The Morgan fingerprint density at radius 2 is 1.83 bits per heavy atom. The molecule has 2 aromatic rings. The number of benzene rings is 1. The molecule has 7 rings (SSSR count). The number of fused-ring (bicyclic) bond motifs is 5. The molecule has 5 atom stereocenters. The van der Waals surface area contributed by atoms with Gasteiger partial charge < -0.3 is 14.4 Å². The van der Waals surface area contributed by atoms with E-state index in [1.54, 1.807) is 32.6 Å². The number of para-hydroxylation sites is 1. The van der Waals surface area contributed by atoms with Crippen molar-refractivity contribution in [1.29, 1.82) is 0 Å². The fourth-order valence-corrected chi connectivity index (χ4v) is 10.0. The summed E-state index contributed by atoms with van der Waals surface area (Å²) >= 11 is 0. The highest BCUT2D eigenvalue weighted by Crippen LogP contribution is 2.58. The number of ketones is 1. The van der Waals surface area contributed by atoms with Crippen LogP contribution in [-0.2, 0) is 40.4 Å². The summed E-state index contributed by atoms with van der Waals surface area (Å²) in [5.41, 5.74) is -0.170. The number of aromatic nitrogens is 1. The first kappa shape index (κ1) is 37.5. The van der Waals surface area contributed by atoms with Crippen molar-refractivity contribution in [3.63, 3.8) is 0 Å². The quantitative estimate of drug-likeness (QED) is 0.286. The number of ether oxygens (including phenoxy) is 2. The smallest absolute Gasteiger partial charge is 0.307 e. The summed E-state index contributed by atoms with van der Waals surface area (Å²) in [6, 6.07) is 7.01. The number of amides is 2. The van der Waals surface area contributed by atoms with Crippen LogP contribution >= 0.6 is 0 Å². The number of esters is 1. The number of carbonyl (C=O) groups is 4. The number of nitrogens with one attached hydrogen (secondary N) is 1. The van der Waals surface area contributed by atoms with Crippen LogP contribution in [0, 0.1) is 24.2 Å². The highest BCUT2D eigenvalue weighted by molar-refractivity contribution is 7.91. The van der Waals surface area contributed by atoms with Crippen LogP contribution in [0.15, 0.2) is 36.4 Å². The minimum atomic E-state index is -3.93. The lowest BCUT2D eigenvalue weighted by molar-refractivity contribution is -0.159. The molecule has 11 nitrogen and oxygen atoms in total. The van der Waals surface area contributed by atoms with Crippen molar-refractivity contribution in [2.75, 3.05) is 6.54 Å². The first-order valence-electron chi connectivity index (χ1n) is 19.3. The topological polar surface area (TPSA) is 149 Å². The molecule has 1 saturated heterocycles. The molecular formula is C41H53N3O8S. The monoisotopic (exact) mass is 747 g/mol. The number of Topliss-reactive ketones (excluding diaryl/α,β-unsaturated/α-hetero) is 1. The van der Waals surface area contributed by atoms with Crippen LogP contribution in [0.2, 0.25) is 0 Å². The van der Waals surface area contributed by atoms with E-state index in [2.05, 4.69) is 4.72 Å². The number of allylic oxidation sites excluding steroid dienone is 2. The molecule has 0 unspecified atom stereocenters. The number of rotatable bonds is 5. The summed E-state index contributed by atoms with van der Waals surface area (Å²) < 4.78 is 40.3. The van der Waals surface area contributed by atoms with Gasteiger partial charge in [0.05, 0.1) is 40.4 Å². The second-order valence-corrected chi connectivity index (χ2v) is 19.7. The maximum absolute atomic E-state index is 14.8. The number of pyridine rings is 1. The average Bonchev–Trinajstić information content (AvgIpc) is 3.97. The van der Waals surface area contributed by atoms with E-state index in [1.807, 2.05) is 43.3 Å². The van der Waals surface area contributed by atoms with E-state index in [0.717, 1.165) is 47.8 Å². The molecule has 0 radical (unpaired) electrons. The molecule has 53 heavy (non-hydrogen) atoms. The molecule has 4 heterocycles. The van der Waals surface area contributed by atoms with Gasteiger partial charge in [-0.25, -0.2) is 13.4 Å². The SMILES string of the molecule is Cc1nc2ccccc2c2c1O[C@]1(CC2)C[C@H]2C(=O)C[C@]3(C(=O)NS(=O)(=O)C4(C)CC4)C[C@H]3/C=C\CCCCC[C@H](CC(=O)OC(C)(C)C)C(=O)N2C1. The molecule has 12 heteroatoms. The molecule has 0 bridgehead atoms. The number of nitrogens with zero attached hydrogens (tertiary/aromatic N) is 2. The molecule has 1 N–H and O–H groups in total. The number of hydrogen-bond acceptors (Lipinski definition) is 9. The predicted molar refractivity (Wildman–Crippen MR) is 199 cm³/mol. The molecule has 2 amide bonds. The Morgan fingerprint density at radius 3 is 2.57 bits per heavy atom. The largest absolute Gasteiger partial charge is 0.483 e. The highest BCUT2D eigenvalue weighted by atomic mass is 32.2. The van der Waals surface area contributed by atoms with Gasteiger partial charge in [-0.2, -0.15) is 0 Å². The van der Waals surface area contributed by atoms with E-state index in [4.69, 9.17) is 14.5 Å². The summed E-state index contributed by atoms with van der Waals surface area (Å²) in [7, 11) is -3.93. The first-order chi connectivity index (χ1) is 24.9. The molecule has 1 spiro atoms. The molecule has 1 aromatic carbocycles. The highest BCUT2D eigenvalue weighted by Gasteiger charge is 2.63. The summed E-state index contributed by atoms with van der Waals surface area (Å²) in [6.45, 7) is 9.06. The summed E-state index contributed by atoms with van der Waals surface area (Å²) in [4.78, 5) is 63.1. The Hall–Kier alpha value is -3.80. The molecule has 2 saturated carbocycles. The third-order valence-electron chi connectivity index (χ3n) is 12.2. The fraction of sp³-hybridized carbons (Fsp3) is 0.634. The van der Waals surface area contributed by atoms with Crippen LogP contribution in [0.5, 0.6) is 5.75 Å². The Labute approximate surface area is 312 Å². The van der Waals surface area contributed by atoms with Crippen LogP contribution in [0.4, 0.5) is 0 Å². The van der Waals surface area contributed by atoms with Crippen molar-refractivity contribution >= 4 is 44.5 Å². The number of hydrogen-bond donors (Lipinski definition) is 1. The first-order valence-corrected chi connectivity index (χ1v) is 20.8. The van der Waals surface area contributed by atoms with E-state index in [-0.39, 0.29) is 43.4 Å². The average molecular weight is 748 g/mol. The van der Waals surface area contributed by atoms with Crippen molar-refractivity contribution < 1.29 is 37.1 Å². The van der Waals surface area contributed by atoms with Gasteiger partial charge in [0.15, 0.2) is 5.78 Å². The molecule has 3 aliphatic heterocycles. The lowest BCUT2D eigenvalue weighted by atomic mass is 9.85. The third kappa shape index (κ3) is 7.36. The van der Waals surface area contributed by atoms with Crippen molar-refractivity contribution in [1.82, 2.24) is 14.6 Å².